The molecule has 0 radical (unpaired) electrons. The Morgan fingerprint density at radius 1 is 0.417 bits per heavy atom. The largest absolute Gasteiger partial charge is 0.342 e. The van der Waals surface area contributed by atoms with Gasteiger partial charge in [-0.1, -0.05) is 78.9 Å². The molecule has 0 N–H and O–H groups in total. The summed E-state index contributed by atoms with van der Waals surface area (Å²) in [7, 11) is 0. The third kappa shape index (κ3) is 4.08. The fourth-order valence-corrected chi connectivity index (χ4v) is 5.08. The number of nitrogens with zero attached hydrogens (tertiary/aromatic N) is 2. The molecule has 0 aliphatic heterocycles. The standard InChI is InChI=1S/C34H28N2/c1-2-35(28-12-6-3-7-13-28)31-20-22-33-26(24-31)18-19-27-25-32(21-23-34(27)33)36(29-14-8-4-9-15-29)30-16-10-5-11-17-30/h3-25H,2H2,1H3. The molecule has 2 nitrogen and oxygen atoms in total. The lowest BCUT2D eigenvalue weighted by Crippen LogP contribution is -2.15. The minimum Gasteiger partial charge on any atom is -0.342 e. The highest BCUT2D eigenvalue weighted by molar-refractivity contribution is 6.09. The second-order valence-electron chi connectivity index (χ2n) is 8.96. The van der Waals surface area contributed by atoms with Crippen LogP contribution in [-0.2, 0) is 0 Å². The van der Waals surface area contributed by atoms with Crippen molar-refractivity contribution in [1.29, 1.82) is 0 Å². The Balaban J connectivity index is 1.44. The molecular formula is C34H28N2. The molecule has 0 aliphatic carbocycles. The molecule has 0 amide bonds. The van der Waals surface area contributed by atoms with Gasteiger partial charge < -0.3 is 9.80 Å². The number of anilines is 5. The normalized spacial score (nSPS) is 11.0. The van der Waals surface area contributed by atoms with Crippen molar-refractivity contribution in [3.05, 3.63) is 140 Å². The van der Waals surface area contributed by atoms with Crippen LogP contribution in [0.1, 0.15) is 6.92 Å². The van der Waals surface area contributed by atoms with E-state index in [9.17, 15) is 0 Å². The summed E-state index contributed by atoms with van der Waals surface area (Å²) in [6.45, 7) is 3.12. The Morgan fingerprint density at radius 2 is 0.861 bits per heavy atom. The minimum absolute atomic E-state index is 0.918. The molecule has 0 heterocycles. The highest BCUT2D eigenvalue weighted by Crippen LogP contribution is 2.38. The maximum absolute atomic E-state index is 2.35. The SMILES string of the molecule is CCN(c1ccccc1)c1ccc2c(ccc3cc(N(c4ccccc4)c4ccccc4)ccc32)c1. The first kappa shape index (κ1) is 21.9. The van der Waals surface area contributed by atoms with Crippen LogP contribution in [0, 0.1) is 0 Å². The molecular weight excluding hydrogens is 436 g/mol. The summed E-state index contributed by atoms with van der Waals surface area (Å²) in [6.07, 6.45) is 0. The molecule has 2 heteroatoms. The zero-order valence-corrected chi connectivity index (χ0v) is 20.4. The van der Waals surface area contributed by atoms with E-state index < -0.39 is 0 Å². The van der Waals surface area contributed by atoms with Crippen LogP contribution in [0.25, 0.3) is 21.5 Å². The monoisotopic (exact) mass is 464 g/mol. The van der Waals surface area contributed by atoms with Crippen molar-refractivity contribution in [2.24, 2.45) is 0 Å². The highest BCUT2D eigenvalue weighted by atomic mass is 15.1. The summed E-state index contributed by atoms with van der Waals surface area (Å²) in [5.41, 5.74) is 5.87. The first-order chi connectivity index (χ1) is 17.8. The molecule has 0 bridgehead atoms. The molecule has 36 heavy (non-hydrogen) atoms. The van der Waals surface area contributed by atoms with E-state index in [0.29, 0.717) is 0 Å². The summed E-state index contributed by atoms with van der Waals surface area (Å²) in [5.74, 6) is 0. The number of para-hydroxylation sites is 3. The number of hydrogen-bond donors (Lipinski definition) is 0. The number of rotatable bonds is 6. The van der Waals surface area contributed by atoms with Crippen molar-refractivity contribution in [1.82, 2.24) is 0 Å². The van der Waals surface area contributed by atoms with Crippen LogP contribution in [-0.4, -0.2) is 6.54 Å². The third-order valence-corrected chi connectivity index (χ3v) is 6.79. The van der Waals surface area contributed by atoms with Crippen LogP contribution < -0.4 is 9.80 Å². The van der Waals surface area contributed by atoms with Gasteiger partial charge in [-0.15, -0.1) is 0 Å². The Morgan fingerprint density at radius 3 is 1.36 bits per heavy atom. The van der Waals surface area contributed by atoms with E-state index in [1.165, 1.54) is 32.9 Å². The number of fused-ring (bicyclic) bond motifs is 3. The molecule has 0 saturated heterocycles. The molecule has 0 unspecified atom stereocenters. The molecule has 0 spiro atoms. The van der Waals surface area contributed by atoms with E-state index in [1.54, 1.807) is 0 Å². The van der Waals surface area contributed by atoms with E-state index in [4.69, 9.17) is 0 Å². The van der Waals surface area contributed by atoms with Gasteiger partial charge in [0, 0.05) is 35.0 Å². The quantitative estimate of drug-likeness (QED) is 0.226. The van der Waals surface area contributed by atoms with Crippen LogP contribution >= 0.6 is 0 Å². The minimum atomic E-state index is 0.918. The van der Waals surface area contributed by atoms with Crippen LogP contribution in [0.3, 0.4) is 0 Å². The first-order valence-corrected chi connectivity index (χ1v) is 12.5. The van der Waals surface area contributed by atoms with Crippen molar-refractivity contribution >= 4 is 50.0 Å². The van der Waals surface area contributed by atoms with E-state index in [0.717, 1.165) is 23.6 Å². The van der Waals surface area contributed by atoms with Crippen LogP contribution in [0.2, 0.25) is 0 Å². The van der Waals surface area contributed by atoms with Gasteiger partial charge in [-0.3, -0.25) is 0 Å². The Bertz CT molecular complexity index is 1570. The van der Waals surface area contributed by atoms with Crippen LogP contribution in [0.15, 0.2) is 140 Å². The van der Waals surface area contributed by atoms with Gasteiger partial charge in [0.2, 0.25) is 0 Å². The van der Waals surface area contributed by atoms with Crippen molar-refractivity contribution in [3.63, 3.8) is 0 Å². The average Bonchev–Trinajstić information content (AvgIpc) is 2.95. The van der Waals surface area contributed by atoms with Gasteiger partial charge in [0.05, 0.1) is 0 Å². The number of hydrogen-bond acceptors (Lipinski definition) is 2. The van der Waals surface area contributed by atoms with E-state index in [1.807, 2.05) is 0 Å². The molecule has 6 aromatic carbocycles. The summed E-state index contributed by atoms with van der Waals surface area (Å²) in [6, 6.07) is 49.8. The molecule has 0 saturated carbocycles. The Hall–Kier alpha value is -4.56. The van der Waals surface area contributed by atoms with E-state index >= 15 is 0 Å². The molecule has 0 atom stereocenters. The molecule has 6 rings (SSSR count). The van der Waals surface area contributed by atoms with E-state index in [-0.39, 0.29) is 0 Å². The zero-order chi connectivity index (χ0) is 24.3. The molecule has 0 fully saturated rings. The smallest absolute Gasteiger partial charge is 0.0468 e. The molecule has 174 valence electrons. The fourth-order valence-electron chi connectivity index (χ4n) is 5.08. The second-order valence-corrected chi connectivity index (χ2v) is 8.96. The highest BCUT2D eigenvalue weighted by Gasteiger charge is 2.14. The van der Waals surface area contributed by atoms with Gasteiger partial charge in [0.15, 0.2) is 0 Å². The molecule has 6 aromatic rings. The summed E-state index contributed by atoms with van der Waals surface area (Å²) in [4.78, 5) is 4.66. The molecule has 0 aliphatic rings. The lowest BCUT2D eigenvalue weighted by Gasteiger charge is -2.26. The predicted octanol–water partition coefficient (Wildman–Crippen LogP) is 9.62. The van der Waals surface area contributed by atoms with Gasteiger partial charge in [-0.05, 0) is 89.1 Å². The van der Waals surface area contributed by atoms with Gasteiger partial charge in [-0.25, -0.2) is 0 Å². The Kier molecular flexibility index (Phi) is 5.85. The lowest BCUT2D eigenvalue weighted by molar-refractivity contribution is 1.03. The van der Waals surface area contributed by atoms with E-state index in [2.05, 4.69) is 156 Å². The Labute approximate surface area is 212 Å². The fraction of sp³-hybridized carbons (Fsp3) is 0.0588. The van der Waals surface area contributed by atoms with Gasteiger partial charge >= 0.3 is 0 Å². The van der Waals surface area contributed by atoms with Crippen molar-refractivity contribution in [2.75, 3.05) is 16.3 Å². The summed E-state index contributed by atoms with van der Waals surface area (Å²) in [5, 5.41) is 5.04. The number of benzene rings is 6. The predicted molar refractivity (Wildman–Crippen MR) is 155 cm³/mol. The van der Waals surface area contributed by atoms with Crippen LogP contribution in [0.4, 0.5) is 28.4 Å². The van der Waals surface area contributed by atoms with Crippen molar-refractivity contribution < 1.29 is 0 Å². The van der Waals surface area contributed by atoms with Crippen LogP contribution in [0.5, 0.6) is 0 Å². The molecule has 0 aromatic heterocycles. The van der Waals surface area contributed by atoms with Crippen molar-refractivity contribution in [2.45, 2.75) is 6.92 Å². The topological polar surface area (TPSA) is 6.48 Å². The lowest BCUT2D eigenvalue weighted by atomic mass is 10.00. The van der Waals surface area contributed by atoms with Gasteiger partial charge in [0.1, 0.15) is 0 Å². The van der Waals surface area contributed by atoms with Gasteiger partial charge in [-0.2, -0.15) is 0 Å². The van der Waals surface area contributed by atoms with Crippen molar-refractivity contribution in [3.8, 4) is 0 Å². The maximum atomic E-state index is 2.35. The first-order valence-electron chi connectivity index (χ1n) is 12.5. The maximum Gasteiger partial charge on any atom is 0.0468 e. The van der Waals surface area contributed by atoms with Gasteiger partial charge in [0.25, 0.3) is 0 Å². The average molecular weight is 465 g/mol. The third-order valence-electron chi connectivity index (χ3n) is 6.79. The second kappa shape index (κ2) is 9.59. The summed E-state index contributed by atoms with van der Waals surface area (Å²) < 4.78 is 0. The zero-order valence-electron chi connectivity index (χ0n) is 20.4. The summed E-state index contributed by atoms with van der Waals surface area (Å²) >= 11 is 0.